The van der Waals surface area contributed by atoms with E-state index in [1.165, 1.54) is 17.5 Å². The van der Waals surface area contributed by atoms with E-state index in [0.717, 1.165) is 17.7 Å². The first-order chi connectivity index (χ1) is 17.2. The number of carbonyl (C=O) groups excluding carboxylic acids is 2. The van der Waals surface area contributed by atoms with Crippen molar-refractivity contribution < 1.29 is 14.3 Å². The standard InChI is InChI=1S/C13H18O.C13H20O.C9H18O.CH4/c1-10-5-7-11(8-6-10)12(14)9-13(2,3)4;1-13(2,3)10-9-11-7-5-6-8-12(11)14-4;1-7(2)8(10)6-9(3,4)5;/h5-8H,9H2,1-4H3;5-8H,9-10H2,1-4H3;7H,6H2,1-5H3;1H4. The molecule has 0 saturated carbocycles. The van der Waals surface area contributed by atoms with E-state index in [4.69, 9.17) is 4.74 Å². The average molecular weight is 541 g/mol. The maximum atomic E-state index is 11.8. The number of carbonyl (C=O) groups is 2. The maximum Gasteiger partial charge on any atom is 0.163 e. The average Bonchev–Trinajstić information content (AvgIpc) is 2.76. The molecule has 0 aliphatic carbocycles. The lowest BCUT2D eigenvalue weighted by Crippen LogP contribution is -2.16. The number of hydrogen-bond donors (Lipinski definition) is 0. The van der Waals surface area contributed by atoms with Gasteiger partial charge in [-0.05, 0) is 47.6 Å². The molecule has 3 nitrogen and oxygen atoms in total. The Morgan fingerprint density at radius 2 is 1.23 bits per heavy atom. The maximum absolute atomic E-state index is 11.8. The number of hydrogen-bond acceptors (Lipinski definition) is 3. The molecule has 0 saturated heterocycles. The fourth-order valence-corrected chi connectivity index (χ4v) is 3.47. The number of methoxy groups -OCH3 is 1. The number of aryl methyl sites for hydroxylation is 2. The van der Waals surface area contributed by atoms with Crippen LogP contribution in [0, 0.1) is 29.1 Å². The second-order valence-electron chi connectivity index (χ2n) is 14.3. The van der Waals surface area contributed by atoms with E-state index in [1.54, 1.807) is 7.11 Å². The highest BCUT2D eigenvalue weighted by Crippen LogP contribution is 2.26. The van der Waals surface area contributed by atoms with E-state index in [2.05, 4.69) is 74.4 Å². The minimum Gasteiger partial charge on any atom is -0.496 e. The van der Waals surface area contributed by atoms with Gasteiger partial charge in [0.2, 0.25) is 0 Å². The van der Waals surface area contributed by atoms with Gasteiger partial charge in [-0.25, -0.2) is 0 Å². The molecule has 0 atom stereocenters. The van der Waals surface area contributed by atoms with Gasteiger partial charge in [-0.3, -0.25) is 9.59 Å². The summed E-state index contributed by atoms with van der Waals surface area (Å²) in [6.45, 7) is 25.2. The number of para-hydroxylation sites is 1. The van der Waals surface area contributed by atoms with Crippen molar-refractivity contribution in [3.8, 4) is 5.75 Å². The van der Waals surface area contributed by atoms with E-state index in [9.17, 15) is 9.59 Å². The van der Waals surface area contributed by atoms with Crippen LogP contribution in [0.4, 0.5) is 0 Å². The van der Waals surface area contributed by atoms with Gasteiger partial charge in [0.1, 0.15) is 11.5 Å². The minimum absolute atomic E-state index is 0. The summed E-state index contributed by atoms with van der Waals surface area (Å²) in [6, 6.07) is 16.0. The topological polar surface area (TPSA) is 43.4 Å². The van der Waals surface area contributed by atoms with Crippen molar-refractivity contribution in [3.63, 3.8) is 0 Å². The van der Waals surface area contributed by atoms with Crippen molar-refractivity contribution >= 4 is 11.6 Å². The van der Waals surface area contributed by atoms with Crippen LogP contribution in [-0.2, 0) is 11.2 Å². The van der Waals surface area contributed by atoms with Crippen molar-refractivity contribution in [1.82, 2.24) is 0 Å². The number of ether oxygens (including phenoxy) is 1. The zero-order valence-corrected chi connectivity index (χ0v) is 26.7. The third-order valence-electron chi connectivity index (χ3n) is 5.75. The quantitative estimate of drug-likeness (QED) is 0.328. The third-order valence-corrected chi connectivity index (χ3v) is 5.75. The molecular formula is C36H60O3. The first-order valence-corrected chi connectivity index (χ1v) is 14.0. The lowest BCUT2D eigenvalue weighted by Gasteiger charge is -2.18. The molecule has 0 spiro atoms. The van der Waals surface area contributed by atoms with E-state index in [-0.39, 0.29) is 30.0 Å². The van der Waals surface area contributed by atoms with Crippen LogP contribution in [0.1, 0.15) is 124 Å². The summed E-state index contributed by atoms with van der Waals surface area (Å²) in [7, 11) is 1.73. The van der Waals surface area contributed by atoms with E-state index >= 15 is 0 Å². The van der Waals surface area contributed by atoms with Crippen molar-refractivity contribution in [3.05, 3.63) is 65.2 Å². The van der Waals surface area contributed by atoms with Crippen LogP contribution in [-0.4, -0.2) is 18.7 Å². The highest BCUT2D eigenvalue weighted by atomic mass is 16.5. The van der Waals surface area contributed by atoms with Gasteiger partial charge >= 0.3 is 0 Å². The van der Waals surface area contributed by atoms with Crippen LogP contribution in [0.3, 0.4) is 0 Å². The largest absolute Gasteiger partial charge is 0.496 e. The van der Waals surface area contributed by atoms with Crippen LogP contribution in [0.25, 0.3) is 0 Å². The van der Waals surface area contributed by atoms with Gasteiger partial charge in [0, 0.05) is 24.3 Å². The van der Waals surface area contributed by atoms with Crippen LogP contribution >= 0.6 is 0 Å². The van der Waals surface area contributed by atoms with E-state index in [1.807, 2.05) is 57.2 Å². The second kappa shape index (κ2) is 17.3. The molecule has 222 valence electrons. The molecule has 39 heavy (non-hydrogen) atoms. The monoisotopic (exact) mass is 540 g/mol. The van der Waals surface area contributed by atoms with Crippen molar-refractivity contribution in [2.45, 2.75) is 116 Å². The number of Topliss-reactive ketones (excluding diaryl/α,β-unsaturated/α-hetero) is 2. The molecule has 0 unspecified atom stereocenters. The molecule has 3 heteroatoms. The normalized spacial score (nSPS) is 11.3. The highest BCUT2D eigenvalue weighted by Gasteiger charge is 2.18. The molecule has 0 aliphatic heterocycles. The molecule has 2 aromatic carbocycles. The summed E-state index contributed by atoms with van der Waals surface area (Å²) in [5.74, 6) is 1.81. The molecule has 0 N–H and O–H groups in total. The lowest BCUT2D eigenvalue weighted by molar-refractivity contribution is -0.123. The van der Waals surface area contributed by atoms with Crippen molar-refractivity contribution in [2.75, 3.05) is 7.11 Å². The second-order valence-corrected chi connectivity index (χ2v) is 14.3. The minimum atomic E-state index is 0. The zero-order valence-electron chi connectivity index (χ0n) is 26.7. The molecular weight excluding hydrogens is 480 g/mol. The molecule has 0 aromatic heterocycles. The van der Waals surface area contributed by atoms with Gasteiger partial charge < -0.3 is 4.74 Å². The SMILES string of the molecule is C.CC(C)C(=O)CC(C)(C)C.COc1ccccc1CCC(C)(C)C.Cc1ccc(C(=O)CC(C)(C)C)cc1. The first kappa shape index (κ1) is 38.7. The Morgan fingerprint density at radius 3 is 1.62 bits per heavy atom. The summed E-state index contributed by atoms with van der Waals surface area (Å²) in [5, 5.41) is 0. The number of ketones is 2. The third kappa shape index (κ3) is 20.2. The Morgan fingerprint density at radius 1 is 0.744 bits per heavy atom. The van der Waals surface area contributed by atoms with Crippen molar-refractivity contribution in [2.24, 2.45) is 22.2 Å². The Balaban J connectivity index is 0. The van der Waals surface area contributed by atoms with Crippen LogP contribution in [0.15, 0.2) is 48.5 Å². The van der Waals surface area contributed by atoms with Gasteiger partial charge in [0.15, 0.2) is 5.78 Å². The zero-order chi connectivity index (χ0) is 29.7. The molecule has 0 aliphatic rings. The van der Waals surface area contributed by atoms with Gasteiger partial charge in [-0.15, -0.1) is 0 Å². The summed E-state index contributed by atoms with van der Waals surface area (Å²) < 4.78 is 5.31. The smallest absolute Gasteiger partial charge is 0.163 e. The van der Waals surface area contributed by atoms with Gasteiger partial charge in [-0.2, -0.15) is 0 Å². The van der Waals surface area contributed by atoms with Crippen molar-refractivity contribution in [1.29, 1.82) is 0 Å². The number of rotatable bonds is 7. The van der Waals surface area contributed by atoms with Gasteiger partial charge in [0.05, 0.1) is 7.11 Å². The summed E-state index contributed by atoms with van der Waals surface area (Å²) in [6.07, 6.45) is 3.58. The summed E-state index contributed by atoms with van der Waals surface area (Å²) in [4.78, 5) is 22.9. The fourth-order valence-electron chi connectivity index (χ4n) is 3.47. The van der Waals surface area contributed by atoms with Gasteiger partial charge in [-0.1, -0.05) is 132 Å². The molecule has 0 amide bonds. The molecule has 0 fully saturated rings. The molecule has 0 heterocycles. The Hall–Kier alpha value is -2.42. The lowest BCUT2D eigenvalue weighted by atomic mass is 9.87. The highest BCUT2D eigenvalue weighted by molar-refractivity contribution is 5.96. The fraction of sp³-hybridized carbons (Fsp3) is 0.611. The molecule has 0 radical (unpaired) electrons. The molecule has 2 aromatic rings. The van der Waals surface area contributed by atoms with E-state index in [0.29, 0.717) is 24.0 Å². The number of benzene rings is 2. The van der Waals surface area contributed by atoms with E-state index < -0.39 is 0 Å². The molecule has 0 bridgehead atoms. The Labute approximate surface area is 242 Å². The summed E-state index contributed by atoms with van der Waals surface area (Å²) in [5.41, 5.74) is 3.94. The Kier molecular flexibility index (Phi) is 17.2. The van der Waals surface area contributed by atoms with Crippen LogP contribution in [0.5, 0.6) is 5.75 Å². The summed E-state index contributed by atoms with van der Waals surface area (Å²) >= 11 is 0. The van der Waals surface area contributed by atoms with Crippen LogP contribution < -0.4 is 4.74 Å². The predicted octanol–water partition coefficient (Wildman–Crippen LogP) is 10.6. The Bertz CT molecular complexity index is 962. The van der Waals surface area contributed by atoms with Gasteiger partial charge in [0.25, 0.3) is 0 Å². The molecule has 2 rings (SSSR count). The first-order valence-electron chi connectivity index (χ1n) is 14.0. The van der Waals surface area contributed by atoms with Crippen LogP contribution in [0.2, 0.25) is 0 Å². The predicted molar refractivity (Wildman–Crippen MR) is 171 cm³/mol.